The molecule has 1 saturated heterocycles. The molecule has 5 nitrogen and oxygen atoms in total. The Morgan fingerprint density at radius 1 is 1.35 bits per heavy atom. The van der Waals surface area contributed by atoms with E-state index in [2.05, 4.69) is 51.9 Å². The van der Waals surface area contributed by atoms with Crippen LogP contribution in [0.1, 0.15) is 35.2 Å². The Bertz CT molecular complexity index is 715. The minimum absolute atomic E-state index is 0.347. The number of thiophene rings is 1. The lowest BCUT2D eigenvalue weighted by atomic mass is 10.2. The zero-order valence-corrected chi connectivity index (χ0v) is 17.6. The fraction of sp³-hybridized carbons (Fsp3) is 0.579. The maximum absolute atomic E-state index is 4.78. The highest BCUT2D eigenvalue weighted by atomic mass is 32.1. The summed E-state index contributed by atoms with van der Waals surface area (Å²) < 4.78 is 0. The lowest BCUT2D eigenvalue weighted by Gasteiger charge is -2.17. The van der Waals surface area contributed by atoms with E-state index in [-0.39, 0.29) is 0 Å². The molecule has 3 heterocycles. The average molecular weight is 392 g/mol. The zero-order chi connectivity index (χ0) is 18.4. The summed E-state index contributed by atoms with van der Waals surface area (Å²) in [5, 5.41) is 10.3. The van der Waals surface area contributed by atoms with Crippen molar-refractivity contribution in [1.82, 2.24) is 15.6 Å². The van der Waals surface area contributed by atoms with Crippen LogP contribution in [-0.2, 0) is 12.8 Å². The van der Waals surface area contributed by atoms with Crippen molar-refractivity contribution < 1.29 is 0 Å². The van der Waals surface area contributed by atoms with Crippen molar-refractivity contribution in [3.05, 3.63) is 33.0 Å². The van der Waals surface area contributed by atoms with Crippen molar-refractivity contribution in [2.45, 2.75) is 45.6 Å². The predicted molar refractivity (Wildman–Crippen MR) is 114 cm³/mol. The number of hydrogen-bond donors (Lipinski definition) is 2. The lowest BCUT2D eigenvalue weighted by Crippen LogP contribution is -2.43. The van der Waals surface area contributed by atoms with Gasteiger partial charge in [-0.05, 0) is 38.8 Å². The van der Waals surface area contributed by atoms with Crippen molar-refractivity contribution in [2.24, 2.45) is 4.99 Å². The first-order valence-corrected chi connectivity index (χ1v) is 11.1. The number of thiazole rings is 1. The average Bonchev–Trinajstić information content (AvgIpc) is 3.35. The number of nitrogens with zero attached hydrogens (tertiary/aromatic N) is 3. The number of rotatable bonds is 7. The van der Waals surface area contributed by atoms with Crippen LogP contribution in [0.15, 0.2) is 22.5 Å². The summed E-state index contributed by atoms with van der Waals surface area (Å²) in [5.41, 5.74) is 1.17. The Morgan fingerprint density at radius 2 is 2.15 bits per heavy atom. The van der Waals surface area contributed by atoms with Gasteiger partial charge in [0.05, 0.1) is 5.69 Å². The maximum Gasteiger partial charge on any atom is 0.191 e. The van der Waals surface area contributed by atoms with Crippen LogP contribution in [0.4, 0.5) is 5.13 Å². The van der Waals surface area contributed by atoms with Gasteiger partial charge in [0.1, 0.15) is 0 Å². The van der Waals surface area contributed by atoms with Crippen LogP contribution in [0.5, 0.6) is 0 Å². The SMILES string of the molecule is CN=C(NCCc1csc(N2CCCC2)n1)NC(C)Cc1ccc(C)s1. The highest BCUT2D eigenvalue weighted by molar-refractivity contribution is 7.13. The molecule has 0 radical (unpaired) electrons. The molecule has 0 amide bonds. The molecule has 142 valence electrons. The minimum Gasteiger partial charge on any atom is -0.356 e. The van der Waals surface area contributed by atoms with Gasteiger partial charge in [-0.3, -0.25) is 4.99 Å². The van der Waals surface area contributed by atoms with Gasteiger partial charge < -0.3 is 15.5 Å². The molecule has 1 fully saturated rings. The van der Waals surface area contributed by atoms with Gasteiger partial charge in [0.25, 0.3) is 0 Å². The number of guanidine groups is 1. The minimum atomic E-state index is 0.347. The Labute approximate surface area is 164 Å². The summed E-state index contributed by atoms with van der Waals surface area (Å²) in [6.45, 7) is 7.51. The monoisotopic (exact) mass is 391 g/mol. The molecule has 26 heavy (non-hydrogen) atoms. The molecule has 7 heteroatoms. The largest absolute Gasteiger partial charge is 0.356 e. The first-order valence-electron chi connectivity index (χ1n) is 9.36. The van der Waals surface area contributed by atoms with Crippen LogP contribution in [0.2, 0.25) is 0 Å². The summed E-state index contributed by atoms with van der Waals surface area (Å²) >= 11 is 3.63. The van der Waals surface area contributed by atoms with Crippen LogP contribution in [-0.4, -0.2) is 43.7 Å². The van der Waals surface area contributed by atoms with Gasteiger partial charge in [0, 0.05) is 60.7 Å². The molecule has 0 saturated carbocycles. The van der Waals surface area contributed by atoms with E-state index in [1.54, 1.807) is 11.3 Å². The van der Waals surface area contributed by atoms with Gasteiger partial charge in [-0.1, -0.05) is 0 Å². The predicted octanol–water partition coefficient (Wildman–Crippen LogP) is 3.45. The molecular weight excluding hydrogens is 362 g/mol. The number of aromatic nitrogens is 1. The Morgan fingerprint density at radius 3 is 2.85 bits per heavy atom. The number of nitrogens with one attached hydrogen (secondary N) is 2. The fourth-order valence-corrected chi connectivity index (χ4v) is 5.08. The first-order chi connectivity index (χ1) is 12.6. The van der Waals surface area contributed by atoms with Crippen molar-refractivity contribution >= 4 is 33.8 Å². The van der Waals surface area contributed by atoms with Crippen LogP contribution < -0.4 is 15.5 Å². The quantitative estimate of drug-likeness (QED) is 0.561. The van der Waals surface area contributed by atoms with Crippen LogP contribution in [0, 0.1) is 6.92 Å². The van der Waals surface area contributed by atoms with Crippen molar-refractivity contribution in [3.63, 3.8) is 0 Å². The maximum atomic E-state index is 4.78. The molecular formula is C19H29N5S2. The summed E-state index contributed by atoms with van der Waals surface area (Å²) in [6, 6.07) is 4.75. The third-order valence-electron chi connectivity index (χ3n) is 4.50. The zero-order valence-electron chi connectivity index (χ0n) is 15.9. The van der Waals surface area contributed by atoms with E-state index in [0.29, 0.717) is 6.04 Å². The van der Waals surface area contributed by atoms with Crippen LogP contribution in [0.25, 0.3) is 0 Å². The van der Waals surface area contributed by atoms with E-state index >= 15 is 0 Å². The van der Waals surface area contributed by atoms with Gasteiger partial charge in [-0.2, -0.15) is 0 Å². The molecule has 0 bridgehead atoms. The fourth-order valence-electron chi connectivity index (χ4n) is 3.15. The molecule has 3 rings (SSSR count). The van der Waals surface area contributed by atoms with E-state index < -0.39 is 0 Å². The summed E-state index contributed by atoms with van der Waals surface area (Å²) in [5.74, 6) is 0.862. The van der Waals surface area contributed by atoms with Crippen LogP contribution in [0.3, 0.4) is 0 Å². The second kappa shape index (κ2) is 9.37. The lowest BCUT2D eigenvalue weighted by molar-refractivity contribution is 0.644. The molecule has 1 unspecified atom stereocenters. The third-order valence-corrected chi connectivity index (χ3v) is 6.47. The topological polar surface area (TPSA) is 52.6 Å². The van der Waals surface area contributed by atoms with Crippen LogP contribution >= 0.6 is 22.7 Å². The van der Waals surface area contributed by atoms with E-state index in [4.69, 9.17) is 4.98 Å². The van der Waals surface area contributed by atoms with Gasteiger partial charge in [0.2, 0.25) is 0 Å². The van der Waals surface area contributed by atoms with Gasteiger partial charge in [-0.15, -0.1) is 22.7 Å². The van der Waals surface area contributed by atoms with Crippen molar-refractivity contribution in [2.75, 3.05) is 31.6 Å². The Kier molecular flexibility index (Phi) is 6.91. The summed E-state index contributed by atoms with van der Waals surface area (Å²) in [6.07, 6.45) is 4.53. The third kappa shape index (κ3) is 5.45. The van der Waals surface area contributed by atoms with Crippen molar-refractivity contribution in [1.29, 1.82) is 0 Å². The molecule has 2 N–H and O–H groups in total. The highest BCUT2D eigenvalue weighted by Crippen LogP contribution is 2.24. The molecule has 0 aliphatic carbocycles. The second-order valence-electron chi connectivity index (χ2n) is 6.83. The Balaban J connectivity index is 1.41. The van der Waals surface area contributed by atoms with Gasteiger partial charge in [-0.25, -0.2) is 4.98 Å². The van der Waals surface area contributed by atoms with E-state index in [1.807, 2.05) is 18.4 Å². The normalized spacial score (nSPS) is 16.1. The van der Waals surface area contributed by atoms with E-state index in [9.17, 15) is 0 Å². The number of hydrogen-bond acceptors (Lipinski definition) is 5. The smallest absolute Gasteiger partial charge is 0.191 e. The number of aliphatic imine (C=N–C) groups is 1. The molecule has 2 aromatic rings. The highest BCUT2D eigenvalue weighted by Gasteiger charge is 2.15. The molecule has 0 aromatic carbocycles. The molecule has 0 spiro atoms. The van der Waals surface area contributed by atoms with Gasteiger partial charge in [0.15, 0.2) is 11.1 Å². The molecule has 1 atom stereocenters. The summed E-state index contributed by atoms with van der Waals surface area (Å²) in [4.78, 5) is 14.3. The molecule has 2 aromatic heterocycles. The number of aryl methyl sites for hydroxylation is 1. The molecule has 1 aliphatic rings. The Hall–Kier alpha value is -1.60. The second-order valence-corrected chi connectivity index (χ2v) is 9.04. The molecule has 1 aliphatic heterocycles. The standard InChI is InChI=1S/C19H29N5S2/c1-14(12-17-7-6-15(2)26-17)22-18(20-3)21-9-8-16-13-25-19(23-16)24-10-4-5-11-24/h6-7,13-14H,4-5,8-12H2,1-3H3,(H2,20,21,22). The van der Waals surface area contributed by atoms with Crippen molar-refractivity contribution in [3.8, 4) is 0 Å². The first kappa shape index (κ1) is 19.2. The summed E-state index contributed by atoms with van der Waals surface area (Å²) in [7, 11) is 1.83. The van der Waals surface area contributed by atoms with E-state index in [0.717, 1.165) is 38.4 Å². The van der Waals surface area contributed by atoms with E-state index in [1.165, 1.54) is 33.4 Å². The van der Waals surface area contributed by atoms with Gasteiger partial charge >= 0.3 is 0 Å². The number of anilines is 1.